The average molecular weight is 338 g/mol. The van der Waals surface area contributed by atoms with Gasteiger partial charge in [-0.05, 0) is 30.9 Å². The molecular formula is C13H17ClFNO4S. The summed E-state index contributed by atoms with van der Waals surface area (Å²) in [5.74, 6) is -1.76. The predicted molar refractivity (Wildman–Crippen MR) is 77.1 cm³/mol. The minimum atomic E-state index is -4.32. The van der Waals surface area contributed by atoms with Gasteiger partial charge in [-0.1, -0.05) is 25.4 Å². The van der Waals surface area contributed by atoms with E-state index < -0.39 is 32.3 Å². The van der Waals surface area contributed by atoms with Gasteiger partial charge in [-0.25, -0.2) is 22.7 Å². The second-order valence-corrected chi connectivity index (χ2v) is 6.95. The maximum absolute atomic E-state index is 14.0. The summed E-state index contributed by atoms with van der Waals surface area (Å²) in [6.45, 7) is 4.17. The molecule has 0 aliphatic heterocycles. The van der Waals surface area contributed by atoms with Crippen molar-refractivity contribution >= 4 is 27.6 Å². The van der Waals surface area contributed by atoms with Crippen LogP contribution in [0, 0.1) is 11.7 Å². The summed E-state index contributed by atoms with van der Waals surface area (Å²) in [5, 5.41) is 4.76. The van der Waals surface area contributed by atoms with E-state index in [0.717, 1.165) is 18.6 Å². The highest BCUT2D eigenvalue weighted by atomic mass is 35.5. The van der Waals surface area contributed by atoms with Gasteiger partial charge in [-0.3, -0.25) is 0 Å². The maximum atomic E-state index is 14.0. The molecule has 21 heavy (non-hydrogen) atoms. The largest absolute Gasteiger partial charge is 0.462 e. The van der Waals surface area contributed by atoms with Gasteiger partial charge in [0.1, 0.15) is 4.90 Å². The van der Waals surface area contributed by atoms with E-state index >= 15 is 0 Å². The number of hydrogen-bond acceptors (Lipinski definition) is 4. The van der Waals surface area contributed by atoms with Gasteiger partial charge in [0.05, 0.1) is 12.2 Å². The van der Waals surface area contributed by atoms with Crippen molar-refractivity contribution in [2.24, 2.45) is 11.1 Å². The Hall–Kier alpha value is -1.18. The van der Waals surface area contributed by atoms with Gasteiger partial charge >= 0.3 is 5.97 Å². The molecule has 0 aliphatic carbocycles. The number of halogens is 2. The zero-order chi connectivity index (χ0) is 16.2. The van der Waals surface area contributed by atoms with Crippen molar-refractivity contribution in [2.45, 2.75) is 31.6 Å². The number of esters is 1. The Morgan fingerprint density at radius 2 is 2.05 bits per heavy atom. The Morgan fingerprint density at radius 3 is 2.57 bits per heavy atom. The van der Waals surface area contributed by atoms with Crippen LogP contribution in [0.25, 0.3) is 0 Å². The van der Waals surface area contributed by atoms with Crippen LogP contribution in [0.1, 0.15) is 37.0 Å². The third-order valence-electron chi connectivity index (χ3n) is 2.69. The molecule has 2 N–H and O–H groups in total. The highest BCUT2D eigenvalue weighted by molar-refractivity contribution is 7.89. The van der Waals surface area contributed by atoms with Crippen molar-refractivity contribution in [2.75, 3.05) is 6.61 Å². The van der Waals surface area contributed by atoms with E-state index in [1.54, 1.807) is 0 Å². The Labute approximate surface area is 128 Å². The number of sulfonamides is 1. The molecule has 118 valence electrons. The van der Waals surface area contributed by atoms with Crippen LogP contribution >= 0.6 is 11.6 Å². The molecular weight excluding hydrogens is 321 g/mol. The second kappa shape index (κ2) is 7.20. The number of ether oxygens (including phenoxy) is 1. The van der Waals surface area contributed by atoms with Crippen molar-refractivity contribution in [1.29, 1.82) is 0 Å². The first-order valence-electron chi connectivity index (χ1n) is 6.32. The first-order chi connectivity index (χ1) is 9.62. The molecule has 0 amide bonds. The minimum Gasteiger partial charge on any atom is -0.462 e. The number of benzene rings is 1. The van der Waals surface area contributed by atoms with E-state index in [-0.39, 0.29) is 11.6 Å². The normalized spacial score (nSPS) is 11.7. The fraction of sp³-hybridized carbons (Fsp3) is 0.462. The molecule has 0 radical (unpaired) electrons. The van der Waals surface area contributed by atoms with E-state index in [2.05, 4.69) is 0 Å². The lowest BCUT2D eigenvalue weighted by atomic mass is 10.1. The summed E-state index contributed by atoms with van der Waals surface area (Å²) in [6, 6.07) is 1.86. The Balaban J connectivity index is 2.93. The highest BCUT2D eigenvalue weighted by Crippen LogP contribution is 2.23. The molecule has 0 bridgehead atoms. The van der Waals surface area contributed by atoms with Crippen LogP contribution in [0.4, 0.5) is 4.39 Å². The second-order valence-electron chi connectivity index (χ2n) is 4.98. The highest BCUT2D eigenvalue weighted by Gasteiger charge is 2.23. The van der Waals surface area contributed by atoms with E-state index in [9.17, 15) is 17.6 Å². The van der Waals surface area contributed by atoms with Crippen LogP contribution < -0.4 is 5.14 Å². The van der Waals surface area contributed by atoms with Crippen LogP contribution in [-0.4, -0.2) is 21.0 Å². The first kappa shape index (κ1) is 17.9. The molecule has 0 saturated heterocycles. The average Bonchev–Trinajstić information content (AvgIpc) is 2.35. The third kappa shape index (κ3) is 5.26. The number of primary sulfonamides is 1. The van der Waals surface area contributed by atoms with Crippen LogP contribution in [0.15, 0.2) is 17.0 Å². The quantitative estimate of drug-likeness (QED) is 0.638. The summed E-state index contributed by atoms with van der Waals surface area (Å²) < 4.78 is 41.4. The first-order valence-corrected chi connectivity index (χ1v) is 8.24. The van der Waals surface area contributed by atoms with Gasteiger partial charge in [-0.2, -0.15) is 0 Å². The molecule has 1 aromatic carbocycles. The summed E-state index contributed by atoms with van der Waals surface area (Å²) >= 11 is 5.68. The van der Waals surface area contributed by atoms with Crippen LogP contribution in [0.5, 0.6) is 0 Å². The molecule has 0 atom stereocenters. The van der Waals surface area contributed by atoms with Gasteiger partial charge in [0.2, 0.25) is 10.0 Å². The van der Waals surface area contributed by atoms with E-state index in [1.165, 1.54) is 0 Å². The van der Waals surface area contributed by atoms with Gasteiger partial charge in [-0.15, -0.1) is 0 Å². The Morgan fingerprint density at radius 1 is 1.43 bits per heavy atom. The summed E-state index contributed by atoms with van der Waals surface area (Å²) in [4.78, 5) is 11.0. The lowest BCUT2D eigenvalue weighted by Gasteiger charge is -2.09. The number of rotatable bonds is 6. The van der Waals surface area contributed by atoms with Gasteiger partial charge in [0.25, 0.3) is 0 Å². The van der Waals surface area contributed by atoms with E-state index in [4.69, 9.17) is 21.5 Å². The summed E-state index contributed by atoms with van der Waals surface area (Å²) in [5.41, 5.74) is -0.545. The monoisotopic (exact) mass is 337 g/mol. The zero-order valence-electron chi connectivity index (χ0n) is 11.7. The Bertz CT molecular complexity index is 631. The SMILES string of the molecule is CC(C)CCCOC(=O)c1cc(Cl)cc(S(N)(=O)=O)c1F. The molecule has 0 spiro atoms. The molecule has 8 heteroatoms. The molecule has 1 aromatic rings. The molecule has 5 nitrogen and oxygen atoms in total. The topological polar surface area (TPSA) is 86.5 Å². The molecule has 0 saturated carbocycles. The summed E-state index contributed by atoms with van der Waals surface area (Å²) in [7, 11) is -4.32. The van der Waals surface area contributed by atoms with Gasteiger partial charge in [0, 0.05) is 5.02 Å². The zero-order valence-corrected chi connectivity index (χ0v) is 13.3. The van der Waals surface area contributed by atoms with Gasteiger partial charge < -0.3 is 4.74 Å². The van der Waals surface area contributed by atoms with E-state index in [1.807, 2.05) is 13.8 Å². The Kier molecular flexibility index (Phi) is 6.12. The molecule has 0 heterocycles. The minimum absolute atomic E-state index is 0.116. The van der Waals surface area contributed by atoms with Crippen LogP contribution in [0.2, 0.25) is 5.02 Å². The summed E-state index contributed by atoms with van der Waals surface area (Å²) in [6.07, 6.45) is 1.49. The molecule has 0 aliphatic rings. The standard InChI is InChI=1S/C13H17ClFNO4S/c1-8(2)4-3-5-20-13(17)10-6-9(14)7-11(12(10)15)21(16,18)19/h6-8H,3-5H2,1-2H3,(H2,16,18,19). The molecule has 0 aromatic heterocycles. The number of carbonyl (C=O) groups excluding carboxylic acids is 1. The fourth-order valence-corrected chi connectivity index (χ4v) is 2.59. The van der Waals surface area contributed by atoms with Crippen molar-refractivity contribution in [3.63, 3.8) is 0 Å². The molecule has 0 fully saturated rings. The number of nitrogens with two attached hydrogens (primary N) is 1. The fourth-order valence-electron chi connectivity index (χ4n) is 1.65. The lowest BCUT2D eigenvalue weighted by molar-refractivity contribution is 0.0488. The number of carbonyl (C=O) groups is 1. The van der Waals surface area contributed by atoms with Crippen LogP contribution in [0.3, 0.4) is 0 Å². The third-order valence-corrected chi connectivity index (χ3v) is 3.82. The lowest BCUT2D eigenvalue weighted by Crippen LogP contribution is -2.17. The molecule has 1 rings (SSSR count). The smallest absolute Gasteiger partial charge is 0.341 e. The van der Waals surface area contributed by atoms with Crippen molar-refractivity contribution < 1.29 is 22.3 Å². The van der Waals surface area contributed by atoms with Crippen molar-refractivity contribution in [3.8, 4) is 0 Å². The van der Waals surface area contributed by atoms with Crippen LogP contribution in [-0.2, 0) is 14.8 Å². The predicted octanol–water partition coefficient (Wildman–Crippen LogP) is 2.72. The van der Waals surface area contributed by atoms with E-state index in [0.29, 0.717) is 12.3 Å². The maximum Gasteiger partial charge on any atom is 0.341 e. The molecule has 0 unspecified atom stereocenters. The number of hydrogen-bond donors (Lipinski definition) is 1. The van der Waals surface area contributed by atoms with Gasteiger partial charge in [0.15, 0.2) is 5.82 Å². The van der Waals surface area contributed by atoms with Crippen molar-refractivity contribution in [1.82, 2.24) is 0 Å². The van der Waals surface area contributed by atoms with Crippen molar-refractivity contribution in [3.05, 3.63) is 28.5 Å².